The molecule has 0 fully saturated rings. The third-order valence-electron chi connectivity index (χ3n) is 2.02. The number of benzene rings is 1. The Balaban J connectivity index is 0.000000791. The molecule has 0 heterocycles. The lowest BCUT2D eigenvalue weighted by Gasteiger charge is -2.20. The predicted molar refractivity (Wildman–Crippen MR) is 62.5 cm³/mol. The third-order valence-corrected chi connectivity index (χ3v) is 2.02. The molecular formula is C10H17ClN2O. The first-order chi connectivity index (χ1) is 6.77. The van der Waals surface area contributed by atoms with Gasteiger partial charge in [0, 0.05) is 24.5 Å². The standard InChI is InChI=1S/C10H16N2.ClHO/c1-3-12(4-2)10-7-5-9(11)6-8-10;1-2/h5-8H,3-4,11H2,1-2H3;2H. The van der Waals surface area contributed by atoms with E-state index in [0.29, 0.717) is 0 Å². The Labute approximate surface area is 90.3 Å². The number of anilines is 2. The third kappa shape index (κ3) is 3.85. The minimum absolute atomic E-state index is 0.825. The van der Waals surface area contributed by atoms with Gasteiger partial charge in [-0.2, -0.15) is 0 Å². The van der Waals surface area contributed by atoms with Gasteiger partial charge in [0.05, 0.1) is 11.9 Å². The number of hydrogen-bond donors (Lipinski definition) is 2. The molecule has 0 radical (unpaired) electrons. The summed E-state index contributed by atoms with van der Waals surface area (Å²) in [7, 11) is 0. The highest BCUT2D eigenvalue weighted by Gasteiger charge is 1.99. The zero-order valence-electron chi connectivity index (χ0n) is 8.57. The quantitative estimate of drug-likeness (QED) is 0.762. The van der Waals surface area contributed by atoms with Crippen LogP contribution in [0.25, 0.3) is 0 Å². The first kappa shape index (κ1) is 13.1. The number of rotatable bonds is 3. The van der Waals surface area contributed by atoms with Crippen molar-refractivity contribution in [2.24, 2.45) is 0 Å². The molecule has 0 aromatic heterocycles. The number of halogens is 1. The molecule has 1 rings (SSSR count). The summed E-state index contributed by atoms with van der Waals surface area (Å²) in [5, 5.41) is 0. The number of hydrogen-bond acceptors (Lipinski definition) is 3. The molecule has 0 atom stereocenters. The Morgan fingerprint density at radius 3 is 1.93 bits per heavy atom. The van der Waals surface area contributed by atoms with E-state index in [1.165, 1.54) is 5.69 Å². The fourth-order valence-corrected chi connectivity index (χ4v) is 1.27. The van der Waals surface area contributed by atoms with Crippen molar-refractivity contribution in [3.63, 3.8) is 0 Å². The van der Waals surface area contributed by atoms with Gasteiger partial charge in [-0.25, -0.2) is 0 Å². The van der Waals surface area contributed by atoms with Crippen LogP contribution < -0.4 is 10.6 Å². The molecule has 80 valence electrons. The second-order valence-electron chi connectivity index (χ2n) is 2.76. The predicted octanol–water partition coefficient (Wildman–Crippen LogP) is 2.25. The lowest BCUT2D eigenvalue weighted by molar-refractivity contribution is 0.632. The Hall–Kier alpha value is -0.930. The zero-order chi connectivity index (χ0) is 11.0. The fraction of sp³-hybridized carbons (Fsp3) is 0.400. The van der Waals surface area contributed by atoms with Crippen LogP contribution in [0.15, 0.2) is 24.3 Å². The van der Waals surface area contributed by atoms with Crippen LogP contribution in [0.5, 0.6) is 0 Å². The normalized spacial score (nSPS) is 8.86. The van der Waals surface area contributed by atoms with Crippen molar-refractivity contribution in [1.82, 2.24) is 0 Å². The van der Waals surface area contributed by atoms with Gasteiger partial charge >= 0.3 is 0 Å². The molecule has 3 N–H and O–H groups in total. The topological polar surface area (TPSA) is 49.5 Å². The van der Waals surface area contributed by atoms with Crippen LogP contribution in [-0.2, 0) is 0 Å². The Morgan fingerprint density at radius 2 is 1.57 bits per heavy atom. The molecule has 0 saturated carbocycles. The molecule has 0 saturated heterocycles. The molecule has 0 aliphatic heterocycles. The summed E-state index contributed by atoms with van der Waals surface area (Å²) in [6.07, 6.45) is 0. The van der Waals surface area contributed by atoms with Crippen LogP contribution in [0.2, 0.25) is 0 Å². The molecule has 0 aliphatic carbocycles. The Bertz CT molecular complexity index is 234. The summed E-state index contributed by atoms with van der Waals surface area (Å²) in [5.74, 6) is 0. The molecule has 14 heavy (non-hydrogen) atoms. The highest BCUT2D eigenvalue weighted by Crippen LogP contribution is 2.15. The maximum absolute atomic E-state index is 6.47. The van der Waals surface area contributed by atoms with Crippen LogP contribution in [0.3, 0.4) is 0 Å². The minimum Gasteiger partial charge on any atom is -0.399 e. The van der Waals surface area contributed by atoms with Crippen molar-refractivity contribution >= 4 is 23.2 Å². The average molecular weight is 217 g/mol. The maximum atomic E-state index is 6.47. The fourth-order valence-electron chi connectivity index (χ4n) is 1.27. The molecule has 0 unspecified atom stereocenters. The van der Waals surface area contributed by atoms with Crippen molar-refractivity contribution in [1.29, 1.82) is 0 Å². The monoisotopic (exact) mass is 216 g/mol. The van der Waals surface area contributed by atoms with Gasteiger partial charge in [0.1, 0.15) is 0 Å². The Kier molecular flexibility index (Phi) is 6.98. The van der Waals surface area contributed by atoms with Gasteiger partial charge in [0.15, 0.2) is 0 Å². The van der Waals surface area contributed by atoms with E-state index >= 15 is 0 Å². The molecule has 0 spiro atoms. The number of nitrogens with two attached hydrogens (primary N) is 1. The lowest BCUT2D eigenvalue weighted by Crippen LogP contribution is -2.21. The zero-order valence-corrected chi connectivity index (χ0v) is 9.33. The van der Waals surface area contributed by atoms with E-state index in [4.69, 9.17) is 10.4 Å². The van der Waals surface area contributed by atoms with Crippen molar-refractivity contribution < 1.29 is 4.66 Å². The molecule has 0 amide bonds. The first-order valence-electron chi connectivity index (χ1n) is 4.55. The molecule has 4 heteroatoms. The highest BCUT2D eigenvalue weighted by atomic mass is 35.5. The van der Waals surface area contributed by atoms with E-state index in [1.54, 1.807) is 0 Å². The van der Waals surface area contributed by atoms with Crippen molar-refractivity contribution in [2.75, 3.05) is 23.7 Å². The van der Waals surface area contributed by atoms with Gasteiger partial charge in [0.2, 0.25) is 0 Å². The molecule has 3 nitrogen and oxygen atoms in total. The summed E-state index contributed by atoms with van der Waals surface area (Å²) in [6.45, 7) is 6.39. The summed E-state index contributed by atoms with van der Waals surface area (Å²) in [5.41, 5.74) is 7.66. The van der Waals surface area contributed by atoms with Crippen molar-refractivity contribution in [3.8, 4) is 0 Å². The van der Waals surface area contributed by atoms with Crippen molar-refractivity contribution in [2.45, 2.75) is 13.8 Å². The second kappa shape index (κ2) is 7.47. The minimum atomic E-state index is 0.825. The van der Waals surface area contributed by atoms with E-state index in [0.717, 1.165) is 18.8 Å². The van der Waals surface area contributed by atoms with Crippen LogP contribution in [0.4, 0.5) is 11.4 Å². The van der Waals surface area contributed by atoms with Gasteiger partial charge in [0.25, 0.3) is 0 Å². The van der Waals surface area contributed by atoms with Crippen molar-refractivity contribution in [3.05, 3.63) is 24.3 Å². The van der Waals surface area contributed by atoms with Crippen LogP contribution in [0.1, 0.15) is 13.8 Å². The van der Waals surface area contributed by atoms with E-state index in [-0.39, 0.29) is 0 Å². The first-order valence-corrected chi connectivity index (χ1v) is 4.89. The van der Waals surface area contributed by atoms with Gasteiger partial charge in [-0.1, -0.05) is 0 Å². The summed E-state index contributed by atoms with van der Waals surface area (Å²) < 4.78 is 6.47. The van der Waals surface area contributed by atoms with Gasteiger partial charge in [-0.3, -0.25) is 4.66 Å². The van der Waals surface area contributed by atoms with Crippen LogP contribution in [0, 0.1) is 0 Å². The lowest BCUT2D eigenvalue weighted by atomic mass is 10.2. The van der Waals surface area contributed by atoms with E-state index in [2.05, 4.69) is 42.7 Å². The maximum Gasteiger partial charge on any atom is 0.0579 e. The Morgan fingerprint density at radius 1 is 1.14 bits per heavy atom. The van der Waals surface area contributed by atoms with E-state index in [9.17, 15) is 0 Å². The van der Waals surface area contributed by atoms with Gasteiger partial charge in [-0.15, -0.1) is 0 Å². The molecule has 1 aromatic rings. The SMILES string of the molecule is CCN(CC)c1ccc(N)cc1.OCl. The van der Waals surface area contributed by atoms with Gasteiger partial charge < -0.3 is 10.6 Å². The molecule has 0 aliphatic rings. The summed E-state index contributed by atoms with van der Waals surface area (Å²) in [4.78, 5) is 2.29. The van der Waals surface area contributed by atoms with Gasteiger partial charge in [-0.05, 0) is 38.1 Å². The summed E-state index contributed by atoms with van der Waals surface area (Å²) in [6, 6.07) is 7.99. The second-order valence-corrected chi connectivity index (χ2v) is 2.76. The average Bonchev–Trinajstić information content (AvgIpc) is 2.25. The molecule has 0 bridgehead atoms. The molecular weight excluding hydrogens is 200 g/mol. The smallest absolute Gasteiger partial charge is 0.0579 e. The summed E-state index contributed by atoms with van der Waals surface area (Å²) >= 11 is 3.64. The number of nitrogen functional groups attached to an aromatic ring is 1. The van der Waals surface area contributed by atoms with E-state index in [1.807, 2.05) is 12.1 Å². The van der Waals surface area contributed by atoms with Crippen LogP contribution >= 0.6 is 11.9 Å². The van der Waals surface area contributed by atoms with E-state index < -0.39 is 0 Å². The molecule has 1 aromatic carbocycles. The highest BCUT2D eigenvalue weighted by molar-refractivity contribution is 6.04. The number of nitrogens with zero attached hydrogens (tertiary/aromatic N) is 1. The van der Waals surface area contributed by atoms with Crippen LogP contribution in [-0.4, -0.2) is 17.7 Å². The largest absolute Gasteiger partial charge is 0.399 e.